The smallest absolute Gasteiger partial charge is 0.264 e. The van der Waals surface area contributed by atoms with Crippen molar-refractivity contribution in [3.63, 3.8) is 0 Å². The van der Waals surface area contributed by atoms with Crippen LogP contribution >= 0.6 is 0 Å². The molecule has 0 radical (unpaired) electrons. The summed E-state index contributed by atoms with van der Waals surface area (Å²) in [5, 5.41) is 4.00. The molecule has 0 spiro atoms. The third-order valence-electron chi connectivity index (χ3n) is 4.04. The van der Waals surface area contributed by atoms with E-state index < -0.39 is 10.0 Å². The van der Waals surface area contributed by atoms with Crippen molar-refractivity contribution >= 4 is 27.3 Å². The number of hydrogen-bond donors (Lipinski definition) is 0. The Labute approximate surface area is 135 Å². The maximum absolute atomic E-state index is 12.8. The average molecular weight is 334 g/mol. The molecule has 1 aliphatic heterocycles. The number of sulfonamides is 1. The molecule has 2 heterocycles. The number of hydrogen-bond acceptors (Lipinski definition) is 4. The van der Waals surface area contributed by atoms with Crippen molar-refractivity contribution in [2.24, 2.45) is 7.05 Å². The number of amides is 1. The highest BCUT2D eigenvalue weighted by Gasteiger charge is 2.27. The first-order chi connectivity index (χ1) is 10.8. The second-order valence-electron chi connectivity index (χ2n) is 5.56. The van der Waals surface area contributed by atoms with Gasteiger partial charge in [0, 0.05) is 39.4 Å². The van der Waals surface area contributed by atoms with Gasteiger partial charge in [0.1, 0.15) is 0 Å². The maximum Gasteiger partial charge on any atom is 0.264 e. The van der Waals surface area contributed by atoms with Crippen molar-refractivity contribution in [3.05, 3.63) is 36.2 Å². The van der Waals surface area contributed by atoms with Crippen molar-refractivity contribution in [1.29, 1.82) is 0 Å². The van der Waals surface area contributed by atoms with Crippen LogP contribution in [0.5, 0.6) is 0 Å². The number of anilines is 2. The fourth-order valence-electron chi connectivity index (χ4n) is 2.73. The summed E-state index contributed by atoms with van der Waals surface area (Å²) in [6.45, 7) is 2.10. The van der Waals surface area contributed by atoms with Crippen LogP contribution < -0.4 is 9.21 Å². The summed E-state index contributed by atoms with van der Waals surface area (Å²) in [6, 6.07) is 4.90. The molecular formula is C15H18N4O3S. The Bertz CT molecular complexity index is 873. The SMILES string of the molecule is CC(=O)N1CCc2cc(S(=O)(=O)N(C)c3cnn(C)c3)ccc21. The van der Waals surface area contributed by atoms with E-state index in [2.05, 4.69) is 5.10 Å². The number of fused-ring (bicyclic) bond motifs is 1. The van der Waals surface area contributed by atoms with Crippen LogP contribution in [0.3, 0.4) is 0 Å². The van der Waals surface area contributed by atoms with Gasteiger partial charge in [-0.1, -0.05) is 0 Å². The lowest BCUT2D eigenvalue weighted by Crippen LogP contribution is -2.27. The molecule has 0 aliphatic carbocycles. The molecule has 122 valence electrons. The Kier molecular flexibility index (Phi) is 3.63. The quantitative estimate of drug-likeness (QED) is 0.844. The first-order valence-corrected chi connectivity index (χ1v) is 8.63. The molecule has 3 rings (SSSR count). The lowest BCUT2D eigenvalue weighted by atomic mass is 10.2. The molecule has 0 saturated heterocycles. The van der Waals surface area contributed by atoms with Crippen LogP contribution in [0, 0.1) is 0 Å². The predicted molar refractivity (Wildman–Crippen MR) is 87.0 cm³/mol. The molecule has 1 aliphatic rings. The largest absolute Gasteiger partial charge is 0.312 e. The molecule has 0 bridgehead atoms. The van der Waals surface area contributed by atoms with Crippen molar-refractivity contribution in [3.8, 4) is 0 Å². The number of carbonyl (C=O) groups is 1. The second-order valence-corrected chi connectivity index (χ2v) is 7.53. The molecule has 8 heteroatoms. The maximum atomic E-state index is 12.8. The zero-order valence-electron chi connectivity index (χ0n) is 13.2. The van der Waals surface area contributed by atoms with E-state index >= 15 is 0 Å². The highest BCUT2D eigenvalue weighted by Crippen LogP contribution is 2.31. The molecule has 1 amide bonds. The van der Waals surface area contributed by atoms with Crippen LogP contribution in [0.25, 0.3) is 0 Å². The Balaban J connectivity index is 1.97. The third-order valence-corrected chi connectivity index (χ3v) is 5.82. The molecule has 1 aromatic heterocycles. The van der Waals surface area contributed by atoms with Crippen LogP contribution in [-0.2, 0) is 28.3 Å². The lowest BCUT2D eigenvalue weighted by Gasteiger charge is -2.19. The second kappa shape index (κ2) is 5.38. The summed E-state index contributed by atoms with van der Waals surface area (Å²) < 4.78 is 28.3. The minimum atomic E-state index is -3.66. The monoisotopic (exact) mass is 334 g/mol. The highest BCUT2D eigenvalue weighted by atomic mass is 32.2. The van der Waals surface area contributed by atoms with E-state index in [4.69, 9.17) is 0 Å². The first-order valence-electron chi connectivity index (χ1n) is 7.19. The number of rotatable bonds is 3. The minimum Gasteiger partial charge on any atom is -0.312 e. The van der Waals surface area contributed by atoms with Gasteiger partial charge in [-0.15, -0.1) is 0 Å². The molecule has 0 N–H and O–H groups in total. The lowest BCUT2D eigenvalue weighted by molar-refractivity contribution is -0.116. The number of aromatic nitrogens is 2. The Morgan fingerprint density at radius 2 is 2.09 bits per heavy atom. The first kappa shape index (κ1) is 15.5. The van der Waals surface area contributed by atoms with E-state index in [-0.39, 0.29) is 10.8 Å². The average Bonchev–Trinajstić information content (AvgIpc) is 3.11. The van der Waals surface area contributed by atoms with E-state index in [0.29, 0.717) is 18.7 Å². The van der Waals surface area contributed by atoms with Crippen molar-refractivity contribution < 1.29 is 13.2 Å². The summed E-state index contributed by atoms with van der Waals surface area (Å²) in [6.07, 6.45) is 3.81. The third kappa shape index (κ3) is 2.59. The molecular weight excluding hydrogens is 316 g/mol. The Hall–Kier alpha value is -2.35. The van der Waals surface area contributed by atoms with Gasteiger partial charge in [-0.2, -0.15) is 5.10 Å². The number of benzene rings is 1. The molecule has 1 aromatic carbocycles. The van der Waals surface area contributed by atoms with Gasteiger partial charge in [0.25, 0.3) is 10.0 Å². The van der Waals surface area contributed by atoms with Gasteiger partial charge in [-0.25, -0.2) is 8.42 Å². The molecule has 0 fully saturated rings. The normalized spacial score (nSPS) is 14.0. The number of carbonyl (C=O) groups excluding carboxylic acids is 1. The van der Waals surface area contributed by atoms with Crippen molar-refractivity contribution in [1.82, 2.24) is 9.78 Å². The molecule has 23 heavy (non-hydrogen) atoms. The number of nitrogens with zero attached hydrogens (tertiary/aromatic N) is 4. The fraction of sp³-hybridized carbons (Fsp3) is 0.333. The molecule has 2 aromatic rings. The zero-order valence-corrected chi connectivity index (χ0v) is 14.0. The Morgan fingerprint density at radius 3 is 2.70 bits per heavy atom. The van der Waals surface area contributed by atoms with Crippen molar-refractivity contribution in [2.75, 3.05) is 22.8 Å². The molecule has 0 atom stereocenters. The van der Waals surface area contributed by atoms with E-state index in [9.17, 15) is 13.2 Å². The minimum absolute atomic E-state index is 0.0353. The summed E-state index contributed by atoms with van der Waals surface area (Å²) >= 11 is 0. The molecule has 0 saturated carbocycles. The molecule has 7 nitrogen and oxygen atoms in total. The summed E-state index contributed by atoms with van der Waals surface area (Å²) in [4.78, 5) is 13.5. The zero-order chi connectivity index (χ0) is 16.8. The van der Waals surface area contributed by atoms with Crippen molar-refractivity contribution in [2.45, 2.75) is 18.2 Å². The van der Waals surface area contributed by atoms with Crippen LogP contribution in [0.4, 0.5) is 11.4 Å². The van der Waals surface area contributed by atoms with Crippen LogP contribution in [0.1, 0.15) is 12.5 Å². The van der Waals surface area contributed by atoms with Gasteiger partial charge >= 0.3 is 0 Å². The summed E-state index contributed by atoms with van der Waals surface area (Å²) in [5.41, 5.74) is 2.17. The van der Waals surface area contributed by atoms with Crippen LogP contribution in [0.2, 0.25) is 0 Å². The van der Waals surface area contributed by atoms with Crippen LogP contribution in [-0.4, -0.2) is 37.7 Å². The van der Waals surface area contributed by atoms with E-state index in [1.165, 1.54) is 24.5 Å². The van der Waals surface area contributed by atoms with E-state index in [1.807, 2.05) is 0 Å². The van der Waals surface area contributed by atoms with Gasteiger partial charge in [0.05, 0.1) is 16.8 Å². The Morgan fingerprint density at radius 1 is 1.35 bits per heavy atom. The van der Waals surface area contributed by atoms with Gasteiger partial charge in [0.2, 0.25) is 5.91 Å². The standard InChI is InChI=1S/C15H18N4O3S/c1-11(20)19-7-6-12-8-14(4-5-15(12)19)23(21,22)18(3)13-9-16-17(2)10-13/h4-5,8-10H,6-7H2,1-3H3. The molecule has 0 unspecified atom stereocenters. The topological polar surface area (TPSA) is 75.5 Å². The van der Waals surface area contributed by atoms with E-state index in [0.717, 1.165) is 11.3 Å². The van der Waals surface area contributed by atoms with Gasteiger partial charge in [0.15, 0.2) is 0 Å². The summed E-state index contributed by atoms with van der Waals surface area (Å²) in [7, 11) is -0.428. The van der Waals surface area contributed by atoms with Gasteiger partial charge < -0.3 is 4.90 Å². The van der Waals surface area contributed by atoms with Gasteiger partial charge in [-0.3, -0.25) is 13.8 Å². The summed E-state index contributed by atoms with van der Waals surface area (Å²) in [5.74, 6) is -0.0353. The van der Waals surface area contributed by atoms with Gasteiger partial charge in [-0.05, 0) is 30.2 Å². The van der Waals surface area contributed by atoms with Crippen LogP contribution in [0.15, 0.2) is 35.5 Å². The van der Waals surface area contributed by atoms with E-state index in [1.54, 1.807) is 41.0 Å². The fourth-order valence-corrected chi connectivity index (χ4v) is 3.95. The predicted octanol–water partition coefficient (Wildman–Crippen LogP) is 1.15. The number of aryl methyl sites for hydroxylation is 1. The highest BCUT2D eigenvalue weighted by molar-refractivity contribution is 7.92.